The third-order valence-corrected chi connectivity index (χ3v) is 23.1. The second-order valence-electron chi connectivity index (χ2n) is 33.3. The molecule has 0 spiro atoms. The Morgan fingerprint density at radius 2 is 0.422 bits per heavy atom. The van der Waals surface area contributed by atoms with Gasteiger partial charge in [-0.3, -0.25) is 37.3 Å². The molecule has 19 heteroatoms. The first-order chi connectivity index (χ1) is 52.9. The Bertz CT molecular complexity index is 2080. The van der Waals surface area contributed by atoms with Crippen molar-refractivity contribution in [3.8, 4) is 0 Å². The molecule has 17 nitrogen and oxygen atoms in total. The zero-order valence-electron chi connectivity index (χ0n) is 71.9. The average molecular weight is 1590 g/mol. The van der Waals surface area contributed by atoms with E-state index in [0.29, 0.717) is 25.7 Å². The molecule has 0 aromatic rings. The second-order valence-corrected chi connectivity index (χ2v) is 36.2. The zero-order valence-corrected chi connectivity index (χ0v) is 73.7. The fraction of sp³-hybridized carbons (Fsp3) is 0.956. The molecule has 0 aromatic carbocycles. The zero-order chi connectivity index (χ0) is 79.9. The minimum absolute atomic E-state index is 0.107. The Morgan fingerprint density at radius 3 is 0.624 bits per heavy atom. The lowest BCUT2D eigenvalue weighted by Crippen LogP contribution is -2.30. The van der Waals surface area contributed by atoms with E-state index in [1.807, 2.05) is 0 Å². The molecule has 109 heavy (non-hydrogen) atoms. The molecule has 0 rings (SSSR count). The van der Waals surface area contributed by atoms with E-state index in [0.717, 1.165) is 102 Å². The number of hydrogen-bond donors (Lipinski definition) is 3. The van der Waals surface area contributed by atoms with E-state index in [9.17, 15) is 43.2 Å². The van der Waals surface area contributed by atoms with Crippen LogP contribution < -0.4 is 0 Å². The number of phosphoric acid groups is 2. The lowest BCUT2D eigenvalue weighted by molar-refractivity contribution is -0.161. The van der Waals surface area contributed by atoms with E-state index in [1.54, 1.807) is 0 Å². The third kappa shape index (κ3) is 83.8. The number of esters is 4. The van der Waals surface area contributed by atoms with Crippen molar-refractivity contribution < 1.29 is 80.2 Å². The molecule has 0 saturated carbocycles. The van der Waals surface area contributed by atoms with Crippen molar-refractivity contribution in [3.05, 3.63) is 0 Å². The highest BCUT2D eigenvalue weighted by atomic mass is 31.2. The molecule has 0 saturated heterocycles. The molecule has 0 aliphatic heterocycles. The van der Waals surface area contributed by atoms with Gasteiger partial charge in [0, 0.05) is 25.7 Å². The van der Waals surface area contributed by atoms with E-state index in [2.05, 4.69) is 41.5 Å². The van der Waals surface area contributed by atoms with Gasteiger partial charge in [-0.1, -0.05) is 433 Å². The van der Waals surface area contributed by atoms with Crippen LogP contribution in [0.15, 0.2) is 0 Å². The van der Waals surface area contributed by atoms with Crippen molar-refractivity contribution in [2.24, 2.45) is 11.8 Å². The number of aliphatic hydroxyl groups excluding tert-OH is 1. The van der Waals surface area contributed by atoms with Crippen LogP contribution in [0.25, 0.3) is 0 Å². The van der Waals surface area contributed by atoms with Crippen LogP contribution in [0.1, 0.15) is 485 Å². The SMILES string of the molecule is CCCCCCCCCCCCCCCCCCCCCCCCC(=O)O[C@H](COC(=O)CCCCCCCCCCCCCCCCCCCCC(C)C)COP(=O)(O)OC[C@@H](O)COP(=O)(O)OC[C@@H](COC(=O)CCCCCCCCCCCCCCC)OC(=O)CCCCCCCCCCCCC(C)C. The summed E-state index contributed by atoms with van der Waals surface area (Å²) in [6, 6.07) is 0. The molecule has 0 aromatic heterocycles. The van der Waals surface area contributed by atoms with Gasteiger partial charge in [0.25, 0.3) is 0 Å². The lowest BCUT2D eigenvalue weighted by Gasteiger charge is -2.21. The summed E-state index contributed by atoms with van der Waals surface area (Å²) in [6.07, 6.45) is 75.1. The number of aliphatic hydroxyl groups is 1. The maximum Gasteiger partial charge on any atom is 0.472 e. The summed E-state index contributed by atoms with van der Waals surface area (Å²) < 4.78 is 69.0. The van der Waals surface area contributed by atoms with Gasteiger partial charge >= 0.3 is 39.5 Å². The largest absolute Gasteiger partial charge is 0.472 e. The van der Waals surface area contributed by atoms with Crippen LogP contribution in [0, 0.1) is 11.8 Å². The van der Waals surface area contributed by atoms with Crippen molar-refractivity contribution >= 4 is 39.5 Å². The number of carbonyl (C=O) groups is 4. The average Bonchev–Trinajstić information content (AvgIpc) is 0.901. The van der Waals surface area contributed by atoms with Gasteiger partial charge in [0.1, 0.15) is 19.3 Å². The number of carbonyl (C=O) groups excluding carboxylic acids is 4. The molecule has 0 aliphatic carbocycles. The molecular formula is C90H176O17P2. The van der Waals surface area contributed by atoms with Crippen molar-refractivity contribution in [1.82, 2.24) is 0 Å². The topological polar surface area (TPSA) is 237 Å². The van der Waals surface area contributed by atoms with Gasteiger partial charge in [0.15, 0.2) is 12.2 Å². The second kappa shape index (κ2) is 81.2. The van der Waals surface area contributed by atoms with Gasteiger partial charge in [0.05, 0.1) is 26.4 Å². The Labute approximate surface area is 670 Å². The van der Waals surface area contributed by atoms with Crippen LogP contribution in [0.3, 0.4) is 0 Å². The summed E-state index contributed by atoms with van der Waals surface area (Å²) in [5.41, 5.74) is 0. The van der Waals surface area contributed by atoms with Gasteiger partial charge in [-0.25, -0.2) is 9.13 Å². The molecular weight excluding hydrogens is 1410 g/mol. The summed E-state index contributed by atoms with van der Waals surface area (Å²) >= 11 is 0. The molecule has 0 bridgehead atoms. The number of phosphoric ester groups is 2. The first kappa shape index (κ1) is 107. The highest BCUT2D eigenvalue weighted by Crippen LogP contribution is 2.45. The number of unbranched alkanes of at least 4 members (excludes halogenated alkanes) is 59. The smallest absolute Gasteiger partial charge is 0.462 e. The predicted octanol–water partition coefficient (Wildman–Crippen LogP) is 27.8. The van der Waals surface area contributed by atoms with Crippen LogP contribution in [0.2, 0.25) is 0 Å². The molecule has 648 valence electrons. The first-order valence-electron chi connectivity index (χ1n) is 46.5. The molecule has 0 heterocycles. The summed E-state index contributed by atoms with van der Waals surface area (Å²) in [5, 5.41) is 10.7. The molecule has 5 atom stereocenters. The van der Waals surface area contributed by atoms with Crippen LogP contribution in [0.4, 0.5) is 0 Å². The summed E-state index contributed by atoms with van der Waals surface area (Å²) in [6.45, 7) is 9.72. The number of rotatable bonds is 89. The highest BCUT2D eigenvalue weighted by Gasteiger charge is 2.31. The standard InChI is InChI=1S/C90H176O17P2/c1-7-9-11-13-15-17-19-21-22-23-24-25-26-27-32-35-39-43-50-56-62-68-74-89(94)106-85(78-101-88(93)73-67-61-55-49-42-38-34-31-29-28-30-33-37-40-46-52-58-64-70-82(3)4)80-104-108(96,97)102-76-84(91)77-103-109(98,99)105-81-86(107-90(95)75-69-63-57-51-45-44-47-53-59-65-71-83(5)6)79-100-87(92)72-66-60-54-48-41-36-20-18-16-14-12-10-8-2/h82-86,91H,7-81H2,1-6H3,(H,96,97)(H,98,99)/t84-,85-,86-/m1/s1. The molecule has 0 fully saturated rings. The number of ether oxygens (including phenoxy) is 4. The maximum absolute atomic E-state index is 13.2. The minimum Gasteiger partial charge on any atom is -0.462 e. The van der Waals surface area contributed by atoms with E-state index >= 15 is 0 Å². The van der Waals surface area contributed by atoms with Crippen molar-refractivity contribution in [2.75, 3.05) is 39.6 Å². The summed E-state index contributed by atoms with van der Waals surface area (Å²) in [7, 11) is -9.93. The third-order valence-electron chi connectivity index (χ3n) is 21.2. The van der Waals surface area contributed by atoms with E-state index in [1.165, 1.54) is 302 Å². The van der Waals surface area contributed by atoms with E-state index < -0.39 is 97.5 Å². The van der Waals surface area contributed by atoms with E-state index in [-0.39, 0.29) is 25.7 Å². The Kier molecular flexibility index (Phi) is 79.8. The van der Waals surface area contributed by atoms with Gasteiger partial charge in [0.2, 0.25) is 0 Å². The van der Waals surface area contributed by atoms with E-state index in [4.69, 9.17) is 37.0 Å². The van der Waals surface area contributed by atoms with Crippen LogP contribution >= 0.6 is 15.6 Å². The fourth-order valence-electron chi connectivity index (χ4n) is 14.1. The minimum atomic E-state index is -4.97. The quantitative estimate of drug-likeness (QED) is 0.0222. The Balaban J connectivity index is 5.23. The highest BCUT2D eigenvalue weighted by molar-refractivity contribution is 7.47. The fourth-order valence-corrected chi connectivity index (χ4v) is 15.7. The Hall–Kier alpha value is -1.94. The van der Waals surface area contributed by atoms with Gasteiger partial charge in [-0.15, -0.1) is 0 Å². The summed E-state index contributed by atoms with van der Waals surface area (Å²) in [4.78, 5) is 73.4. The molecule has 0 amide bonds. The van der Waals surface area contributed by atoms with Gasteiger partial charge in [-0.05, 0) is 37.5 Å². The van der Waals surface area contributed by atoms with Crippen LogP contribution in [-0.4, -0.2) is 96.7 Å². The van der Waals surface area contributed by atoms with Crippen LogP contribution in [-0.2, 0) is 65.4 Å². The van der Waals surface area contributed by atoms with Crippen LogP contribution in [0.5, 0.6) is 0 Å². The Morgan fingerprint density at radius 1 is 0.248 bits per heavy atom. The molecule has 0 aliphatic rings. The van der Waals surface area contributed by atoms with Gasteiger partial charge < -0.3 is 33.8 Å². The van der Waals surface area contributed by atoms with Gasteiger partial charge in [-0.2, -0.15) is 0 Å². The number of hydrogen-bond acceptors (Lipinski definition) is 15. The maximum atomic E-state index is 13.2. The summed E-state index contributed by atoms with van der Waals surface area (Å²) in [5.74, 6) is -0.522. The molecule has 0 radical (unpaired) electrons. The molecule has 2 unspecified atom stereocenters. The van der Waals surface area contributed by atoms with Crippen molar-refractivity contribution in [1.29, 1.82) is 0 Å². The lowest BCUT2D eigenvalue weighted by atomic mass is 10.0. The first-order valence-corrected chi connectivity index (χ1v) is 49.5. The van der Waals surface area contributed by atoms with Crippen molar-refractivity contribution in [3.63, 3.8) is 0 Å². The normalized spacial score (nSPS) is 13.8. The van der Waals surface area contributed by atoms with Crippen molar-refractivity contribution in [2.45, 2.75) is 503 Å². The monoisotopic (exact) mass is 1590 g/mol. The predicted molar refractivity (Wildman–Crippen MR) is 451 cm³/mol. The molecule has 3 N–H and O–H groups in total.